The molecule has 134 valence electrons. The maximum atomic E-state index is 11.8. The summed E-state index contributed by atoms with van der Waals surface area (Å²) in [5, 5.41) is 0.757. The molecule has 0 saturated heterocycles. The molecule has 0 aliphatic heterocycles. The van der Waals surface area contributed by atoms with Crippen LogP contribution in [0, 0.1) is 0 Å². The van der Waals surface area contributed by atoms with Crippen LogP contribution < -0.4 is 19.8 Å². The van der Waals surface area contributed by atoms with Gasteiger partial charge in [0.1, 0.15) is 24.2 Å². The number of fused-ring (bicyclic) bond motifs is 1. The Kier molecular flexibility index (Phi) is 5.22. The molecule has 0 unspecified atom stereocenters. The average molecular weight is 354 g/mol. The molecule has 0 bridgehead atoms. The number of carbonyl (C=O) groups is 1. The number of methoxy groups -OCH3 is 1. The van der Waals surface area contributed by atoms with Crippen LogP contribution in [0.5, 0.6) is 17.2 Å². The van der Waals surface area contributed by atoms with Gasteiger partial charge in [0.15, 0.2) is 11.5 Å². The first kappa shape index (κ1) is 17.5. The van der Waals surface area contributed by atoms with Crippen LogP contribution >= 0.6 is 0 Å². The fourth-order valence-electron chi connectivity index (χ4n) is 2.60. The number of carbonyl (C=O) groups excluding carboxylic acids is 1. The SMILES string of the molecule is CCOc1cc(C=O)ccc1OCc1cc(=O)oc2cc(OC)ccc12. The summed E-state index contributed by atoms with van der Waals surface area (Å²) in [6, 6.07) is 11.6. The van der Waals surface area contributed by atoms with E-state index in [1.54, 1.807) is 37.4 Å². The van der Waals surface area contributed by atoms with E-state index in [1.807, 2.05) is 13.0 Å². The lowest BCUT2D eigenvalue weighted by Gasteiger charge is -2.13. The fourth-order valence-corrected chi connectivity index (χ4v) is 2.60. The average Bonchev–Trinajstić information content (AvgIpc) is 2.66. The molecule has 0 atom stereocenters. The molecule has 0 saturated carbocycles. The van der Waals surface area contributed by atoms with Gasteiger partial charge in [0, 0.05) is 28.6 Å². The van der Waals surface area contributed by atoms with Crippen molar-refractivity contribution in [2.75, 3.05) is 13.7 Å². The molecule has 1 aromatic heterocycles. The Bertz CT molecular complexity index is 989. The molecule has 0 fully saturated rings. The number of hydrogen-bond donors (Lipinski definition) is 0. The van der Waals surface area contributed by atoms with E-state index in [0.29, 0.717) is 40.6 Å². The van der Waals surface area contributed by atoms with Gasteiger partial charge in [-0.05, 0) is 37.3 Å². The van der Waals surface area contributed by atoms with Crippen LogP contribution in [0.3, 0.4) is 0 Å². The van der Waals surface area contributed by atoms with Gasteiger partial charge in [0.25, 0.3) is 0 Å². The van der Waals surface area contributed by atoms with Crippen molar-refractivity contribution in [2.24, 2.45) is 0 Å². The molecule has 3 aromatic rings. The molecule has 0 aliphatic rings. The van der Waals surface area contributed by atoms with Crippen molar-refractivity contribution in [2.45, 2.75) is 13.5 Å². The van der Waals surface area contributed by atoms with Crippen LogP contribution in [0.4, 0.5) is 0 Å². The van der Waals surface area contributed by atoms with Crippen molar-refractivity contribution in [3.63, 3.8) is 0 Å². The maximum absolute atomic E-state index is 11.8. The van der Waals surface area contributed by atoms with E-state index in [4.69, 9.17) is 18.6 Å². The molecule has 1 heterocycles. The van der Waals surface area contributed by atoms with Crippen LogP contribution in [0.25, 0.3) is 11.0 Å². The van der Waals surface area contributed by atoms with Crippen molar-refractivity contribution in [3.05, 3.63) is 64.0 Å². The molecule has 6 nitrogen and oxygen atoms in total. The van der Waals surface area contributed by atoms with Gasteiger partial charge < -0.3 is 18.6 Å². The molecule has 3 rings (SSSR count). The molecule has 2 aromatic carbocycles. The van der Waals surface area contributed by atoms with Gasteiger partial charge in [0.2, 0.25) is 0 Å². The lowest BCUT2D eigenvalue weighted by Crippen LogP contribution is -2.05. The van der Waals surface area contributed by atoms with Crippen LogP contribution in [0.1, 0.15) is 22.8 Å². The first-order valence-electron chi connectivity index (χ1n) is 8.10. The zero-order valence-corrected chi connectivity index (χ0v) is 14.5. The lowest BCUT2D eigenvalue weighted by molar-refractivity contribution is 0.112. The summed E-state index contributed by atoms with van der Waals surface area (Å²) in [4.78, 5) is 22.8. The summed E-state index contributed by atoms with van der Waals surface area (Å²) in [5.74, 6) is 1.57. The first-order valence-corrected chi connectivity index (χ1v) is 8.10. The minimum Gasteiger partial charge on any atom is -0.497 e. The summed E-state index contributed by atoms with van der Waals surface area (Å²) in [7, 11) is 1.55. The Morgan fingerprint density at radius 3 is 2.62 bits per heavy atom. The van der Waals surface area contributed by atoms with E-state index < -0.39 is 5.63 Å². The van der Waals surface area contributed by atoms with E-state index in [-0.39, 0.29) is 6.61 Å². The van der Waals surface area contributed by atoms with Crippen LogP contribution in [0.2, 0.25) is 0 Å². The second kappa shape index (κ2) is 7.74. The van der Waals surface area contributed by atoms with Gasteiger partial charge in [-0.25, -0.2) is 4.79 Å². The molecular weight excluding hydrogens is 336 g/mol. The fraction of sp³-hybridized carbons (Fsp3) is 0.200. The highest BCUT2D eigenvalue weighted by molar-refractivity contribution is 5.81. The van der Waals surface area contributed by atoms with Gasteiger partial charge in [-0.15, -0.1) is 0 Å². The minimum absolute atomic E-state index is 0.148. The third-order valence-corrected chi connectivity index (χ3v) is 3.82. The molecule has 0 amide bonds. The zero-order valence-electron chi connectivity index (χ0n) is 14.5. The smallest absolute Gasteiger partial charge is 0.336 e. The monoisotopic (exact) mass is 354 g/mol. The zero-order chi connectivity index (χ0) is 18.5. The van der Waals surface area contributed by atoms with Crippen LogP contribution in [-0.4, -0.2) is 20.0 Å². The van der Waals surface area contributed by atoms with E-state index in [2.05, 4.69) is 0 Å². The van der Waals surface area contributed by atoms with E-state index in [0.717, 1.165) is 11.7 Å². The Morgan fingerprint density at radius 1 is 1.04 bits per heavy atom. The van der Waals surface area contributed by atoms with Crippen molar-refractivity contribution in [1.82, 2.24) is 0 Å². The number of hydrogen-bond acceptors (Lipinski definition) is 6. The predicted molar refractivity (Wildman–Crippen MR) is 96.4 cm³/mol. The number of ether oxygens (including phenoxy) is 3. The summed E-state index contributed by atoms with van der Waals surface area (Å²) in [5.41, 5.74) is 1.14. The number of rotatable bonds is 7. The molecule has 0 spiro atoms. The third-order valence-electron chi connectivity index (χ3n) is 3.82. The van der Waals surface area contributed by atoms with E-state index in [9.17, 15) is 9.59 Å². The highest BCUT2D eigenvalue weighted by atomic mass is 16.5. The lowest BCUT2D eigenvalue weighted by atomic mass is 10.1. The van der Waals surface area contributed by atoms with Crippen molar-refractivity contribution < 1.29 is 23.4 Å². The highest BCUT2D eigenvalue weighted by Crippen LogP contribution is 2.30. The molecule has 26 heavy (non-hydrogen) atoms. The van der Waals surface area contributed by atoms with E-state index in [1.165, 1.54) is 6.07 Å². The second-order valence-electron chi connectivity index (χ2n) is 5.50. The van der Waals surface area contributed by atoms with Crippen LogP contribution in [-0.2, 0) is 6.61 Å². The second-order valence-corrected chi connectivity index (χ2v) is 5.50. The third kappa shape index (κ3) is 3.69. The van der Waals surface area contributed by atoms with Gasteiger partial charge in [-0.2, -0.15) is 0 Å². The normalized spacial score (nSPS) is 10.5. The van der Waals surface area contributed by atoms with Crippen molar-refractivity contribution in [1.29, 1.82) is 0 Å². The Morgan fingerprint density at radius 2 is 1.88 bits per heavy atom. The van der Waals surface area contributed by atoms with Gasteiger partial charge in [-0.3, -0.25) is 4.79 Å². The summed E-state index contributed by atoms with van der Waals surface area (Å²) < 4.78 is 21.8. The van der Waals surface area contributed by atoms with Crippen molar-refractivity contribution >= 4 is 17.3 Å². The van der Waals surface area contributed by atoms with Gasteiger partial charge in [-0.1, -0.05) is 0 Å². The molecule has 6 heteroatoms. The number of aldehydes is 1. The Labute approximate surface area is 149 Å². The summed E-state index contributed by atoms with van der Waals surface area (Å²) >= 11 is 0. The minimum atomic E-state index is -0.467. The highest BCUT2D eigenvalue weighted by Gasteiger charge is 2.11. The molecule has 0 aliphatic carbocycles. The summed E-state index contributed by atoms with van der Waals surface area (Å²) in [6.07, 6.45) is 0.746. The van der Waals surface area contributed by atoms with E-state index >= 15 is 0 Å². The maximum Gasteiger partial charge on any atom is 0.336 e. The van der Waals surface area contributed by atoms with Gasteiger partial charge in [0.05, 0.1) is 13.7 Å². The summed E-state index contributed by atoms with van der Waals surface area (Å²) in [6.45, 7) is 2.44. The molecule has 0 radical (unpaired) electrons. The standard InChI is InChI=1S/C20H18O6/c1-3-24-19-8-13(11-21)4-7-17(19)25-12-14-9-20(22)26-18-10-15(23-2)5-6-16(14)18/h4-11H,3,12H2,1-2H3. The predicted octanol–water partition coefficient (Wildman–Crippen LogP) is 3.59. The van der Waals surface area contributed by atoms with Gasteiger partial charge >= 0.3 is 5.63 Å². The first-order chi connectivity index (χ1) is 12.6. The topological polar surface area (TPSA) is 75.0 Å². The quantitative estimate of drug-likeness (QED) is 0.477. The van der Waals surface area contributed by atoms with Crippen molar-refractivity contribution in [3.8, 4) is 17.2 Å². The Hall–Kier alpha value is -3.28. The molecular formula is C20H18O6. The largest absolute Gasteiger partial charge is 0.497 e. The molecule has 0 N–H and O–H groups in total. The van der Waals surface area contributed by atoms with Crippen LogP contribution in [0.15, 0.2) is 51.7 Å². The Balaban J connectivity index is 1.92. The number of benzene rings is 2.